The molecule has 2 N–H and O–H groups in total. The zero-order chi connectivity index (χ0) is 13.1. The maximum Gasteiger partial charge on any atom is 0.259 e. The summed E-state index contributed by atoms with van der Waals surface area (Å²) in [6.07, 6.45) is 2.29. The molecule has 2 rings (SSSR count). The fraction of sp³-hybridized carbons (Fsp3) is 0.250. The Balaban J connectivity index is 2.16. The quantitative estimate of drug-likeness (QED) is 0.895. The molecule has 0 saturated carbocycles. The number of nitrogens with one attached hydrogen (secondary N) is 2. The van der Waals surface area contributed by atoms with Crippen molar-refractivity contribution in [2.75, 3.05) is 5.32 Å². The Labute approximate surface area is 110 Å². The van der Waals surface area contributed by atoms with Gasteiger partial charge in [-0.05, 0) is 19.4 Å². The summed E-state index contributed by atoms with van der Waals surface area (Å²) >= 11 is 5.99. The highest BCUT2D eigenvalue weighted by Gasteiger charge is 2.12. The van der Waals surface area contributed by atoms with Crippen LogP contribution in [0.15, 0.2) is 18.3 Å². The fourth-order valence-electron chi connectivity index (χ4n) is 1.48. The van der Waals surface area contributed by atoms with Gasteiger partial charge in [0, 0.05) is 23.7 Å². The molecule has 2 aromatic heterocycles. The van der Waals surface area contributed by atoms with Crippen LogP contribution in [0.25, 0.3) is 0 Å². The summed E-state index contributed by atoms with van der Waals surface area (Å²) in [6.45, 7) is 3.81. The standard InChI is InChI=1S/C12H13ClN4O/c1-3-8-5-11(17-16-8)15-12(18)9-6-14-7(2)4-10(9)13/h4-6H,3H2,1-2H3,(H2,15,16,17,18). The van der Waals surface area contributed by atoms with E-state index in [2.05, 4.69) is 20.5 Å². The highest BCUT2D eigenvalue weighted by atomic mass is 35.5. The van der Waals surface area contributed by atoms with Crippen molar-refractivity contribution in [1.82, 2.24) is 15.2 Å². The number of pyridine rings is 1. The summed E-state index contributed by atoms with van der Waals surface area (Å²) in [6, 6.07) is 3.44. The lowest BCUT2D eigenvalue weighted by Gasteiger charge is -2.04. The molecular formula is C12H13ClN4O. The van der Waals surface area contributed by atoms with Crippen LogP contribution in [0, 0.1) is 6.92 Å². The zero-order valence-electron chi connectivity index (χ0n) is 10.1. The third kappa shape index (κ3) is 2.68. The minimum Gasteiger partial charge on any atom is -0.305 e. The number of nitrogens with zero attached hydrogens (tertiary/aromatic N) is 2. The van der Waals surface area contributed by atoms with Gasteiger partial charge in [-0.25, -0.2) is 0 Å². The van der Waals surface area contributed by atoms with Gasteiger partial charge in [-0.3, -0.25) is 14.9 Å². The molecule has 0 unspecified atom stereocenters. The molecule has 0 aliphatic rings. The first-order chi connectivity index (χ1) is 8.60. The van der Waals surface area contributed by atoms with Gasteiger partial charge in [-0.2, -0.15) is 5.10 Å². The number of carbonyl (C=O) groups is 1. The minimum atomic E-state index is -0.318. The second-order valence-electron chi connectivity index (χ2n) is 3.89. The van der Waals surface area contributed by atoms with Gasteiger partial charge < -0.3 is 5.32 Å². The average molecular weight is 265 g/mol. The highest BCUT2D eigenvalue weighted by Crippen LogP contribution is 2.17. The molecule has 0 aromatic carbocycles. The van der Waals surface area contributed by atoms with E-state index in [1.165, 1.54) is 6.20 Å². The predicted octanol–water partition coefficient (Wildman–Crippen LogP) is 2.58. The van der Waals surface area contributed by atoms with Crippen molar-refractivity contribution in [3.05, 3.63) is 40.3 Å². The van der Waals surface area contributed by atoms with E-state index in [9.17, 15) is 4.79 Å². The summed E-state index contributed by atoms with van der Waals surface area (Å²) in [5.41, 5.74) is 2.06. The van der Waals surface area contributed by atoms with E-state index in [1.54, 1.807) is 12.1 Å². The maximum absolute atomic E-state index is 12.0. The van der Waals surface area contributed by atoms with Crippen molar-refractivity contribution in [1.29, 1.82) is 0 Å². The van der Waals surface area contributed by atoms with Gasteiger partial charge in [0.05, 0.1) is 10.6 Å². The monoisotopic (exact) mass is 264 g/mol. The molecule has 0 aliphatic carbocycles. The molecule has 2 heterocycles. The van der Waals surface area contributed by atoms with E-state index in [1.807, 2.05) is 13.8 Å². The number of hydrogen-bond donors (Lipinski definition) is 2. The van der Waals surface area contributed by atoms with Gasteiger partial charge in [0.15, 0.2) is 5.82 Å². The van der Waals surface area contributed by atoms with E-state index < -0.39 is 0 Å². The Morgan fingerprint density at radius 1 is 1.50 bits per heavy atom. The van der Waals surface area contributed by atoms with Crippen molar-refractivity contribution < 1.29 is 4.79 Å². The molecule has 6 heteroatoms. The van der Waals surface area contributed by atoms with Crippen molar-refractivity contribution in [3.8, 4) is 0 Å². The van der Waals surface area contributed by atoms with Gasteiger partial charge in [-0.15, -0.1) is 0 Å². The number of aromatic amines is 1. The first-order valence-corrected chi connectivity index (χ1v) is 5.95. The number of hydrogen-bond acceptors (Lipinski definition) is 3. The molecule has 0 aliphatic heterocycles. The number of H-pyrrole nitrogens is 1. The summed E-state index contributed by atoms with van der Waals surface area (Å²) in [5.74, 6) is 0.162. The molecule has 0 fully saturated rings. The van der Waals surface area contributed by atoms with Crippen LogP contribution in [0.1, 0.15) is 28.7 Å². The van der Waals surface area contributed by atoms with E-state index in [4.69, 9.17) is 11.6 Å². The van der Waals surface area contributed by atoms with Crippen molar-refractivity contribution in [2.24, 2.45) is 0 Å². The number of anilines is 1. The fourth-order valence-corrected chi connectivity index (χ4v) is 1.78. The van der Waals surface area contributed by atoms with Crippen LogP contribution in [0.4, 0.5) is 5.82 Å². The zero-order valence-corrected chi connectivity index (χ0v) is 10.9. The van der Waals surface area contributed by atoms with E-state index in [0.29, 0.717) is 16.4 Å². The number of aromatic nitrogens is 3. The van der Waals surface area contributed by atoms with Crippen LogP contribution >= 0.6 is 11.6 Å². The summed E-state index contributed by atoms with van der Waals surface area (Å²) in [7, 11) is 0. The first kappa shape index (κ1) is 12.6. The van der Waals surface area contributed by atoms with Gasteiger partial charge >= 0.3 is 0 Å². The number of aryl methyl sites for hydroxylation is 2. The Hall–Kier alpha value is -1.88. The van der Waals surface area contributed by atoms with Crippen LogP contribution in [-0.2, 0) is 6.42 Å². The van der Waals surface area contributed by atoms with Crippen molar-refractivity contribution in [3.63, 3.8) is 0 Å². The Morgan fingerprint density at radius 3 is 2.89 bits per heavy atom. The lowest BCUT2D eigenvalue weighted by molar-refractivity contribution is 0.102. The number of rotatable bonds is 3. The normalized spacial score (nSPS) is 10.4. The molecule has 5 nitrogen and oxygen atoms in total. The molecule has 0 atom stereocenters. The van der Waals surface area contributed by atoms with Gasteiger partial charge in [-0.1, -0.05) is 18.5 Å². The van der Waals surface area contributed by atoms with Crippen LogP contribution < -0.4 is 5.32 Å². The minimum absolute atomic E-state index is 0.318. The van der Waals surface area contributed by atoms with Gasteiger partial charge in [0.25, 0.3) is 5.91 Å². The Kier molecular flexibility index (Phi) is 3.62. The molecule has 0 spiro atoms. The maximum atomic E-state index is 12.0. The number of amides is 1. The Morgan fingerprint density at radius 2 is 2.28 bits per heavy atom. The highest BCUT2D eigenvalue weighted by molar-refractivity contribution is 6.34. The second kappa shape index (κ2) is 5.18. The third-order valence-electron chi connectivity index (χ3n) is 2.49. The SMILES string of the molecule is CCc1cc(NC(=O)c2cnc(C)cc2Cl)n[nH]1. The number of carbonyl (C=O) groups excluding carboxylic acids is 1. The molecule has 0 saturated heterocycles. The second-order valence-corrected chi connectivity index (χ2v) is 4.30. The van der Waals surface area contributed by atoms with E-state index in [-0.39, 0.29) is 5.91 Å². The smallest absolute Gasteiger partial charge is 0.259 e. The van der Waals surface area contributed by atoms with Crippen LogP contribution in [0.2, 0.25) is 5.02 Å². The lowest BCUT2D eigenvalue weighted by Crippen LogP contribution is -2.13. The summed E-state index contributed by atoms with van der Waals surface area (Å²) in [5, 5.41) is 9.85. The van der Waals surface area contributed by atoms with Crippen LogP contribution in [0.5, 0.6) is 0 Å². The number of halogens is 1. The largest absolute Gasteiger partial charge is 0.305 e. The van der Waals surface area contributed by atoms with Crippen molar-refractivity contribution in [2.45, 2.75) is 20.3 Å². The van der Waals surface area contributed by atoms with E-state index >= 15 is 0 Å². The molecular weight excluding hydrogens is 252 g/mol. The summed E-state index contributed by atoms with van der Waals surface area (Å²) in [4.78, 5) is 16.0. The summed E-state index contributed by atoms with van der Waals surface area (Å²) < 4.78 is 0. The van der Waals surface area contributed by atoms with Gasteiger partial charge in [0.2, 0.25) is 0 Å². The van der Waals surface area contributed by atoms with Crippen LogP contribution in [0.3, 0.4) is 0 Å². The van der Waals surface area contributed by atoms with Crippen molar-refractivity contribution >= 4 is 23.3 Å². The van der Waals surface area contributed by atoms with Crippen LogP contribution in [-0.4, -0.2) is 21.1 Å². The van der Waals surface area contributed by atoms with Gasteiger partial charge in [0.1, 0.15) is 0 Å². The average Bonchev–Trinajstić information content (AvgIpc) is 2.76. The first-order valence-electron chi connectivity index (χ1n) is 5.58. The molecule has 2 aromatic rings. The topological polar surface area (TPSA) is 70.7 Å². The van der Waals surface area contributed by atoms with E-state index in [0.717, 1.165) is 17.8 Å². The molecule has 0 bridgehead atoms. The molecule has 94 valence electrons. The molecule has 0 radical (unpaired) electrons. The third-order valence-corrected chi connectivity index (χ3v) is 2.80. The molecule has 1 amide bonds. The molecule has 18 heavy (non-hydrogen) atoms. The lowest BCUT2D eigenvalue weighted by atomic mass is 10.2. The Bertz CT molecular complexity index is 579. The predicted molar refractivity (Wildman–Crippen MR) is 69.9 cm³/mol.